The van der Waals surface area contributed by atoms with E-state index in [0.717, 1.165) is 0 Å². The molecular weight excluding hydrogens is 174 g/mol. The molecule has 0 aromatic rings. The molecule has 0 unspecified atom stereocenters. The van der Waals surface area contributed by atoms with Crippen molar-refractivity contribution < 1.29 is 9.53 Å². The molecule has 4 heteroatoms. The van der Waals surface area contributed by atoms with Crippen molar-refractivity contribution in [2.75, 3.05) is 13.1 Å². The van der Waals surface area contributed by atoms with E-state index in [1.54, 1.807) is 4.90 Å². The molecule has 1 saturated heterocycles. The van der Waals surface area contributed by atoms with Crippen LogP contribution >= 0.6 is 12.2 Å². The lowest BCUT2D eigenvalue weighted by Crippen LogP contribution is -2.48. The third-order valence-electron chi connectivity index (χ3n) is 1.83. The van der Waals surface area contributed by atoms with Crippen LogP contribution < -0.4 is 0 Å². The maximum Gasteiger partial charge on any atom is 0.257 e. The van der Waals surface area contributed by atoms with Gasteiger partial charge in [0.2, 0.25) is 0 Å². The Balaban J connectivity index is 2.54. The number of nitrogens with zero attached hydrogens (tertiary/aromatic N) is 1. The van der Waals surface area contributed by atoms with Gasteiger partial charge in [0.05, 0.1) is 17.6 Å². The first-order valence-corrected chi connectivity index (χ1v) is 4.50. The number of hydrogen-bond donors (Lipinski definition) is 0. The van der Waals surface area contributed by atoms with Crippen molar-refractivity contribution >= 4 is 23.5 Å². The second-order valence-corrected chi connectivity index (χ2v) is 3.35. The molecule has 1 heterocycles. The Hall–Kier alpha value is -0.480. The molecule has 1 rings (SSSR count). The summed E-state index contributed by atoms with van der Waals surface area (Å²) in [6, 6.07) is 0. The molecular formula is C8H13NO2S. The lowest BCUT2D eigenvalue weighted by molar-refractivity contribution is -0.135. The SMILES string of the molecule is C[C@@H]1CN(C(=O)C=S)C[C@H](C)O1. The first-order valence-electron chi connectivity index (χ1n) is 4.03. The largest absolute Gasteiger partial charge is 0.372 e. The third-order valence-corrected chi connectivity index (χ3v) is 2.03. The van der Waals surface area contributed by atoms with Crippen LogP contribution in [-0.2, 0) is 9.53 Å². The van der Waals surface area contributed by atoms with Gasteiger partial charge in [0.25, 0.3) is 5.91 Å². The Morgan fingerprint density at radius 1 is 1.50 bits per heavy atom. The number of rotatable bonds is 1. The van der Waals surface area contributed by atoms with E-state index < -0.39 is 0 Å². The van der Waals surface area contributed by atoms with Gasteiger partial charge in [-0.15, -0.1) is 0 Å². The normalized spacial score (nSPS) is 30.0. The summed E-state index contributed by atoms with van der Waals surface area (Å²) in [4.78, 5) is 12.9. The molecule has 0 aliphatic carbocycles. The number of carbonyl (C=O) groups is 1. The van der Waals surface area contributed by atoms with Crippen molar-refractivity contribution in [3.63, 3.8) is 0 Å². The Bertz CT molecular complexity index is 185. The van der Waals surface area contributed by atoms with Crippen LogP contribution in [0.2, 0.25) is 0 Å². The van der Waals surface area contributed by atoms with Gasteiger partial charge in [-0.25, -0.2) is 0 Å². The Morgan fingerprint density at radius 3 is 2.42 bits per heavy atom. The maximum absolute atomic E-state index is 11.2. The Morgan fingerprint density at radius 2 is 2.00 bits per heavy atom. The molecule has 0 saturated carbocycles. The number of morpholine rings is 1. The highest BCUT2D eigenvalue weighted by atomic mass is 32.1. The third kappa shape index (κ3) is 2.25. The van der Waals surface area contributed by atoms with Crippen LogP contribution in [0.1, 0.15) is 13.8 Å². The van der Waals surface area contributed by atoms with E-state index in [2.05, 4.69) is 12.2 Å². The average molecular weight is 187 g/mol. The topological polar surface area (TPSA) is 29.5 Å². The first kappa shape index (κ1) is 9.61. The van der Waals surface area contributed by atoms with Gasteiger partial charge in [0, 0.05) is 13.1 Å². The smallest absolute Gasteiger partial charge is 0.257 e. The quantitative estimate of drug-likeness (QED) is 0.564. The molecule has 2 atom stereocenters. The van der Waals surface area contributed by atoms with Gasteiger partial charge in [-0.05, 0) is 13.8 Å². The van der Waals surface area contributed by atoms with Gasteiger partial charge in [-0.2, -0.15) is 0 Å². The standard InChI is InChI=1S/C8H13NO2S/c1-6-3-9(8(10)5-12)4-7(2)11-6/h5-7H,3-4H2,1-2H3/t6-,7+. The summed E-state index contributed by atoms with van der Waals surface area (Å²) >= 11 is 4.58. The minimum atomic E-state index is -0.0769. The predicted molar refractivity (Wildman–Crippen MR) is 50.2 cm³/mol. The molecule has 1 amide bonds. The summed E-state index contributed by atoms with van der Waals surface area (Å²) in [6.07, 6.45) is 0.236. The summed E-state index contributed by atoms with van der Waals surface area (Å²) in [6.45, 7) is 5.21. The lowest BCUT2D eigenvalue weighted by atomic mass is 10.2. The maximum atomic E-state index is 11.2. The van der Waals surface area contributed by atoms with Crippen molar-refractivity contribution in [2.45, 2.75) is 26.1 Å². The highest BCUT2D eigenvalue weighted by molar-refractivity contribution is 7.80. The molecule has 1 aliphatic heterocycles. The monoisotopic (exact) mass is 187 g/mol. The molecule has 1 aliphatic rings. The van der Waals surface area contributed by atoms with E-state index in [9.17, 15) is 4.79 Å². The lowest BCUT2D eigenvalue weighted by Gasteiger charge is -2.34. The van der Waals surface area contributed by atoms with Crippen molar-refractivity contribution in [1.29, 1.82) is 0 Å². The molecule has 0 aromatic heterocycles. The van der Waals surface area contributed by atoms with Crippen molar-refractivity contribution in [1.82, 2.24) is 4.90 Å². The van der Waals surface area contributed by atoms with Crippen LogP contribution in [0.25, 0.3) is 0 Å². The minimum absolute atomic E-state index is 0.0769. The zero-order valence-electron chi connectivity index (χ0n) is 7.32. The van der Waals surface area contributed by atoms with E-state index in [4.69, 9.17) is 4.74 Å². The first-order chi connectivity index (χ1) is 5.63. The number of ether oxygens (including phenoxy) is 1. The molecule has 0 aromatic carbocycles. The molecule has 0 bridgehead atoms. The van der Waals surface area contributed by atoms with Gasteiger partial charge in [0.15, 0.2) is 0 Å². The summed E-state index contributed by atoms with van der Waals surface area (Å²) < 4.78 is 5.47. The summed E-state index contributed by atoms with van der Waals surface area (Å²) in [5.41, 5.74) is 0. The molecule has 0 radical (unpaired) electrons. The average Bonchev–Trinajstić information content (AvgIpc) is 2.01. The van der Waals surface area contributed by atoms with Gasteiger partial charge < -0.3 is 9.64 Å². The van der Waals surface area contributed by atoms with Gasteiger partial charge >= 0.3 is 0 Å². The van der Waals surface area contributed by atoms with Crippen LogP contribution in [0.4, 0.5) is 0 Å². The molecule has 1 fully saturated rings. The number of amides is 1. The van der Waals surface area contributed by atoms with Crippen LogP contribution in [0.3, 0.4) is 0 Å². The van der Waals surface area contributed by atoms with E-state index in [1.165, 1.54) is 5.37 Å². The fourth-order valence-corrected chi connectivity index (χ4v) is 1.58. The van der Waals surface area contributed by atoms with Crippen LogP contribution in [0.15, 0.2) is 0 Å². The van der Waals surface area contributed by atoms with Crippen LogP contribution in [0, 0.1) is 0 Å². The number of hydrogen-bond acceptors (Lipinski definition) is 3. The number of carbonyl (C=O) groups excluding carboxylic acids is 1. The zero-order valence-corrected chi connectivity index (χ0v) is 8.13. The molecule has 0 N–H and O–H groups in total. The highest BCUT2D eigenvalue weighted by Gasteiger charge is 2.24. The minimum Gasteiger partial charge on any atom is -0.372 e. The Labute approximate surface area is 77.7 Å². The molecule has 3 nitrogen and oxygen atoms in total. The van der Waals surface area contributed by atoms with Gasteiger partial charge in [0.1, 0.15) is 0 Å². The molecule has 12 heavy (non-hydrogen) atoms. The van der Waals surface area contributed by atoms with Crippen molar-refractivity contribution in [3.8, 4) is 0 Å². The zero-order chi connectivity index (χ0) is 9.14. The van der Waals surface area contributed by atoms with Crippen LogP contribution in [-0.4, -0.2) is 41.5 Å². The second kappa shape index (κ2) is 3.96. The van der Waals surface area contributed by atoms with E-state index in [-0.39, 0.29) is 18.1 Å². The van der Waals surface area contributed by atoms with Crippen LogP contribution in [0.5, 0.6) is 0 Å². The van der Waals surface area contributed by atoms with E-state index in [0.29, 0.717) is 13.1 Å². The van der Waals surface area contributed by atoms with E-state index in [1.807, 2.05) is 13.8 Å². The fourth-order valence-electron chi connectivity index (χ4n) is 1.43. The van der Waals surface area contributed by atoms with E-state index >= 15 is 0 Å². The Kier molecular flexibility index (Phi) is 3.17. The predicted octanol–water partition coefficient (Wildman–Crippen LogP) is 0.622. The van der Waals surface area contributed by atoms with Crippen molar-refractivity contribution in [2.24, 2.45) is 0 Å². The molecule has 68 valence electrons. The van der Waals surface area contributed by atoms with Gasteiger partial charge in [-0.3, -0.25) is 4.79 Å². The second-order valence-electron chi connectivity index (χ2n) is 3.12. The van der Waals surface area contributed by atoms with Gasteiger partial charge in [-0.1, -0.05) is 12.2 Å². The summed E-state index contributed by atoms with van der Waals surface area (Å²) in [5.74, 6) is -0.0769. The molecule has 0 spiro atoms. The highest BCUT2D eigenvalue weighted by Crippen LogP contribution is 2.09. The number of thiocarbonyl (C=S) groups is 1. The summed E-state index contributed by atoms with van der Waals surface area (Å²) in [5, 5.41) is 1.19. The van der Waals surface area contributed by atoms with Crippen molar-refractivity contribution in [3.05, 3.63) is 0 Å². The summed E-state index contributed by atoms with van der Waals surface area (Å²) in [7, 11) is 0. The fraction of sp³-hybridized carbons (Fsp3) is 0.750.